The summed E-state index contributed by atoms with van der Waals surface area (Å²) in [6.07, 6.45) is 5.91. The summed E-state index contributed by atoms with van der Waals surface area (Å²) in [7, 11) is 0. The number of hydrogen-bond acceptors (Lipinski definition) is 4. The van der Waals surface area contributed by atoms with Crippen molar-refractivity contribution in [3.05, 3.63) is 43.0 Å². The SMILES string of the molecule is CC(C)(C)C(C)(O)C(CCCCOc1ccccc1)n1cncn1. The standard InChI is InChI=1S/C19H29N3O2/c1-18(2,3)19(4,23)17(22-15-20-14-21-22)12-8-9-13-24-16-10-6-5-7-11-16/h5-7,10-11,14-15,17,23H,8-9,12-13H2,1-4H3. The summed E-state index contributed by atoms with van der Waals surface area (Å²) in [5, 5.41) is 15.4. The second-order valence-corrected chi connectivity index (χ2v) is 7.45. The highest BCUT2D eigenvalue weighted by Gasteiger charge is 2.43. The molecule has 5 heteroatoms. The zero-order chi connectivity index (χ0) is 17.6. The maximum atomic E-state index is 11.1. The van der Waals surface area contributed by atoms with Gasteiger partial charge in [-0.25, -0.2) is 9.67 Å². The Balaban J connectivity index is 1.90. The monoisotopic (exact) mass is 331 g/mol. The molecule has 1 heterocycles. The van der Waals surface area contributed by atoms with Crippen molar-refractivity contribution in [3.8, 4) is 5.75 Å². The van der Waals surface area contributed by atoms with Crippen LogP contribution in [0.1, 0.15) is 53.0 Å². The molecule has 0 bridgehead atoms. The molecule has 1 aromatic heterocycles. The average molecular weight is 331 g/mol. The molecule has 1 aromatic carbocycles. The van der Waals surface area contributed by atoms with Gasteiger partial charge in [0, 0.05) is 0 Å². The van der Waals surface area contributed by atoms with Gasteiger partial charge in [0.1, 0.15) is 18.4 Å². The fourth-order valence-corrected chi connectivity index (χ4v) is 2.70. The third-order valence-corrected chi connectivity index (χ3v) is 4.81. The highest BCUT2D eigenvalue weighted by molar-refractivity contribution is 5.20. The van der Waals surface area contributed by atoms with E-state index in [0.717, 1.165) is 25.0 Å². The van der Waals surface area contributed by atoms with E-state index in [4.69, 9.17) is 4.74 Å². The molecule has 0 radical (unpaired) electrons. The van der Waals surface area contributed by atoms with Crippen molar-refractivity contribution in [2.75, 3.05) is 6.61 Å². The van der Waals surface area contributed by atoms with Gasteiger partial charge in [0.05, 0.1) is 18.2 Å². The van der Waals surface area contributed by atoms with E-state index in [1.165, 1.54) is 6.33 Å². The molecule has 1 N–H and O–H groups in total. The number of aromatic nitrogens is 3. The minimum atomic E-state index is -0.888. The summed E-state index contributed by atoms with van der Waals surface area (Å²) in [6, 6.07) is 9.72. The van der Waals surface area contributed by atoms with E-state index in [2.05, 4.69) is 30.9 Å². The van der Waals surface area contributed by atoms with Crippen LogP contribution in [-0.4, -0.2) is 32.1 Å². The van der Waals surface area contributed by atoms with Crippen LogP contribution in [0.4, 0.5) is 0 Å². The molecule has 24 heavy (non-hydrogen) atoms. The smallest absolute Gasteiger partial charge is 0.137 e. The second-order valence-electron chi connectivity index (χ2n) is 7.45. The summed E-state index contributed by atoms with van der Waals surface area (Å²) in [5.74, 6) is 0.895. The van der Waals surface area contributed by atoms with Gasteiger partial charge in [-0.15, -0.1) is 0 Å². The molecule has 2 aromatic rings. The van der Waals surface area contributed by atoms with Gasteiger partial charge in [0.25, 0.3) is 0 Å². The minimum Gasteiger partial charge on any atom is -0.494 e. The Morgan fingerprint density at radius 1 is 1.12 bits per heavy atom. The Morgan fingerprint density at radius 3 is 2.42 bits per heavy atom. The van der Waals surface area contributed by atoms with Crippen molar-refractivity contribution < 1.29 is 9.84 Å². The molecule has 2 atom stereocenters. The lowest BCUT2D eigenvalue weighted by Gasteiger charge is -2.43. The highest BCUT2D eigenvalue weighted by Crippen LogP contribution is 2.40. The fraction of sp³-hybridized carbons (Fsp3) is 0.579. The van der Waals surface area contributed by atoms with E-state index >= 15 is 0 Å². The van der Waals surface area contributed by atoms with Gasteiger partial charge in [-0.05, 0) is 43.7 Å². The van der Waals surface area contributed by atoms with Gasteiger partial charge in [-0.1, -0.05) is 39.0 Å². The van der Waals surface area contributed by atoms with Crippen molar-refractivity contribution >= 4 is 0 Å². The van der Waals surface area contributed by atoms with Crippen LogP contribution in [0, 0.1) is 5.41 Å². The number of hydrogen-bond donors (Lipinski definition) is 1. The van der Waals surface area contributed by atoms with E-state index in [9.17, 15) is 5.11 Å². The third-order valence-electron chi connectivity index (χ3n) is 4.81. The maximum Gasteiger partial charge on any atom is 0.137 e. The van der Waals surface area contributed by atoms with Crippen molar-refractivity contribution in [2.45, 2.75) is 58.6 Å². The Morgan fingerprint density at radius 2 is 1.83 bits per heavy atom. The van der Waals surface area contributed by atoms with Crippen LogP contribution in [0.15, 0.2) is 43.0 Å². The summed E-state index contributed by atoms with van der Waals surface area (Å²) < 4.78 is 7.52. The average Bonchev–Trinajstić information content (AvgIpc) is 3.04. The molecule has 0 aliphatic heterocycles. The summed E-state index contributed by atoms with van der Waals surface area (Å²) in [4.78, 5) is 4.04. The Labute approximate surface area is 144 Å². The molecule has 0 saturated heterocycles. The lowest BCUT2D eigenvalue weighted by Crippen LogP contribution is -2.47. The molecule has 0 aliphatic rings. The van der Waals surface area contributed by atoms with Gasteiger partial charge in [0.2, 0.25) is 0 Å². The van der Waals surface area contributed by atoms with Crippen molar-refractivity contribution in [3.63, 3.8) is 0 Å². The summed E-state index contributed by atoms with van der Waals surface area (Å²) in [5.41, 5.74) is -1.15. The van der Waals surface area contributed by atoms with Gasteiger partial charge in [-0.3, -0.25) is 0 Å². The molecular formula is C19H29N3O2. The van der Waals surface area contributed by atoms with Gasteiger partial charge in [0.15, 0.2) is 0 Å². The predicted octanol–water partition coefficient (Wildman–Crippen LogP) is 3.87. The van der Waals surface area contributed by atoms with Crippen LogP contribution >= 0.6 is 0 Å². The third kappa shape index (κ3) is 4.57. The van der Waals surface area contributed by atoms with E-state index in [-0.39, 0.29) is 11.5 Å². The van der Waals surface area contributed by atoms with E-state index in [1.807, 2.05) is 37.3 Å². The number of benzene rings is 1. The second kappa shape index (κ2) is 7.79. The molecule has 2 unspecified atom stereocenters. The molecule has 0 amide bonds. The number of para-hydroxylation sites is 1. The zero-order valence-electron chi connectivity index (χ0n) is 15.1. The number of ether oxygens (including phenoxy) is 1. The van der Waals surface area contributed by atoms with Crippen molar-refractivity contribution in [1.29, 1.82) is 0 Å². The number of unbranched alkanes of at least 4 members (excludes halogenated alkanes) is 1. The first-order valence-electron chi connectivity index (χ1n) is 8.57. The van der Waals surface area contributed by atoms with Crippen LogP contribution < -0.4 is 4.74 Å². The van der Waals surface area contributed by atoms with E-state index < -0.39 is 5.60 Å². The van der Waals surface area contributed by atoms with E-state index in [0.29, 0.717) is 6.61 Å². The van der Waals surface area contributed by atoms with Crippen molar-refractivity contribution in [1.82, 2.24) is 14.8 Å². The first-order valence-corrected chi connectivity index (χ1v) is 8.57. The first kappa shape index (κ1) is 18.5. The van der Waals surface area contributed by atoms with Crippen LogP contribution in [0.2, 0.25) is 0 Å². The molecule has 0 saturated carbocycles. The lowest BCUT2D eigenvalue weighted by atomic mass is 9.72. The Hall–Kier alpha value is -1.88. The molecule has 132 valence electrons. The zero-order valence-corrected chi connectivity index (χ0v) is 15.1. The normalized spacial score (nSPS) is 15.7. The van der Waals surface area contributed by atoms with Gasteiger partial charge < -0.3 is 9.84 Å². The molecule has 0 aliphatic carbocycles. The highest BCUT2D eigenvalue weighted by atomic mass is 16.5. The van der Waals surface area contributed by atoms with Gasteiger partial charge >= 0.3 is 0 Å². The van der Waals surface area contributed by atoms with Crippen LogP contribution in [0.25, 0.3) is 0 Å². The van der Waals surface area contributed by atoms with Crippen molar-refractivity contribution in [2.24, 2.45) is 5.41 Å². The largest absolute Gasteiger partial charge is 0.494 e. The van der Waals surface area contributed by atoms with Gasteiger partial charge in [-0.2, -0.15) is 5.10 Å². The Bertz CT molecular complexity index is 589. The molecular weight excluding hydrogens is 302 g/mol. The maximum absolute atomic E-state index is 11.1. The minimum absolute atomic E-state index is 0.114. The van der Waals surface area contributed by atoms with Crippen LogP contribution in [0.3, 0.4) is 0 Å². The van der Waals surface area contributed by atoms with Crippen LogP contribution in [0.5, 0.6) is 5.75 Å². The molecule has 0 spiro atoms. The number of aliphatic hydroxyl groups is 1. The molecule has 0 fully saturated rings. The number of nitrogens with zero attached hydrogens (tertiary/aromatic N) is 3. The summed E-state index contributed by atoms with van der Waals surface area (Å²) >= 11 is 0. The molecule has 2 rings (SSSR count). The molecule has 5 nitrogen and oxygen atoms in total. The fourth-order valence-electron chi connectivity index (χ4n) is 2.70. The van der Waals surface area contributed by atoms with Crippen LogP contribution in [-0.2, 0) is 0 Å². The van der Waals surface area contributed by atoms with E-state index in [1.54, 1.807) is 11.0 Å². The summed E-state index contributed by atoms with van der Waals surface area (Å²) in [6.45, 7) is 8.71. The number of rotatable bonds is 8. The predicted molar refractivity (Wildman–Crippen MR) is 94.9 cm³/mol. The quantitative estimate of drug-likeness (QED) is 0.746. The topological polar surface area (TPSA) is 60.2 Å². The first-order chi connectivity index (χ1) is 11.3. The Kier molecular flexibility index (Phi) is 5.99. The lowest BCUT2D eigenvalue weighted by molar-refractivity contribution is -0.0894.